The molecule has 92 valence electrons. The predicted molar refractivity (Wildman–Crippen MR) is 67.9 cm³/mol. The van der Waals surface area contributed by atoms with E-state index in [0.717, 1.165) is 0 Å². The first-order valence-electron chi connectivity index (χ1n) is 5.43. The van der Waals surface area contributed by atoms with Crippen LogP contribution < -0.4 is 5.46 Å². The van der Waals surface area contributed by atoms with Gasteiger partial charge in [-0.15, -0.1) is 0 Å². The minimum absolute atomic E-state index is 0.0970. The Labute approximate surface area is 104 Å². The van der Waals surface area contributed by atoms with Crippen LogP contribution in [0.4, 0.5) is 8.63 Å². The number of likely N-dealkylation sites (N-methyl/N-ethyl adjacent to an activating group) is 1. The van der Waals surface area contributed by atoms with Gasteiger partial charge in [-0.3, -0.25) is 18.3 Å². The monoisotopic (exact) mass is 248 g/mol. The molecule has 0 atom stereocenters. The zero-order valence-corrected chi connectivity index (χ0v) is 10.0. The van der Waals surface area contributed by atoms with E-state index in [0.29, 0.717) is 11.4 Å². The first-order valence-corrected chi connectivity index (χ1v) is 5.43. The first-order chi connectivity index (χ1) is 8.50. The van der Waals surface area contributed by atoms with Gasteiger partial charge in [-0.05, 0) is 24.0 Å². The first kappa shape index (κ1) is 12.5. The second-order valence-electron chi connectivity index (χ2n) is 3.98. The van der Waals surface area contributed by atoms with E-state index in [1.54, 1.807) is 32.2 Å². The molecule has 0 aromatic heterocycles. The number of halogens is 2. The van der Waals surface area contributed by atoms with E-state index in [1.807, 2.05) is 0 Å². The lowest BCUT2D eigenvalue weighted by atomic mass is 9.82. The maximum absolute atomic E-state index is 12.8. The fraction of sp³-hybridized carbons (Fsp3) is 0.167. The highest BCUT2D eigenvalue weighted by Gasteiger charge is 2.25. The molecular weight excluding hydrogens is 237 g/mol. The van der Waals surface area contributed by atoms with E-state index in [9.17, 15) is 13.4 Å². The van der Waals surface area contributed by atoms with Crippen LogP contribution in [0.3, 0.4) is 0 Å². The molecule has 0 unspecified atom stereocenters. The Hall–Kier alpha value is -1.98. The lowest BCUT2D eigenvalue weighted by Crippen LogP contribution is -2.26. The van der Waals surface area contributed by atoms with Crippen LogP contribution in [0.15, 0.2) is 35.0 Å². The molecule has 1 aromatic rings. The van der Waals surface area contributed by atoms with Crippen LogP contribution in [0.25, 0.3) is 6.08 Å². The smallest absolute Gasteiger partial charge is 0.298 e. The molecule has 0 saturated carbocycles. The molecule has 0 aliphatic carbocycles. The number of rotatable bonds is 2. The molecule has 1 heterocycles. The number of carbonyl (C=O) groups excluding carboxylic acids is 1. The second kappa shape index (κ2) is 4.72. The van der Waals surface area contributed by atoms with Gasteiger partial charge in [-0.2, -0.15) is 0 Å². The SMILES string of the molecule is CC1=N/C(=C\c2ccccc2B(F)F)C(=O)N1C. The highest BCUT2D eigenvalue weighted by Crippen LogP contribution is 2.16. The molecule has 1 aliphatic rings. The van der Waals surface area contributed by atoms with Gasteiger partial charge in [-0.1, -0.05) is 24.3 Å². The summed E-state index contributed by atoms with van der Waals surface area (Å²) in [5.41, 5.74) is 0.408. The summed E-state index contributed by atoms with van der Waals surface area (Å²) < 4.78 is 25.6. The van der Waals surface area contributed by atoms with Crippen LogP contribution >= 0.6 is 0 Å². The number of carbonyl (C=O) groups is 1. The van der Waals surface area contributed by atoms with E-state index in [1.165, 1.54) is 17.0 Å². The number of nitrogens with zero attached hydrogens (tertiary/aromatic N) is 2. The van der Waals surface area contributed by atoms with Crippen molar-refractivity contribution in [2.24, 2.45) is 4.99 Å². The van der Waals surface area contributed by atoms with E-state index in [2.05, 4.69) is 4.99 Å². The van der Waals surface area contributed by atoms with Crippen molar-refractivity contribution < 1.29 is 13.4 Å². The molecule has 0 saturated heterocycles. The Balaban J connectivity index is 2.44. The van der Waals surface area contributed by atoms with Gasteiger partial charge in [0, 0.05) is 7.05 Å². The third kappa shape index (κ3) is 2.18. The van der Waals surface area contributed by atoms with Crippen LogP contribution in [0.2, 0.25) is 0 Å². The molecule has 0 bridgehead atoms. The lowest BCUT2D eigenvalue weighted by molar-refractivity contribution is -0.121. The van der Waals surface area contributed by atoms with Gasteiger partial charge in [0.1, 0.15) is 11.5 Å². The zero-order chi connectivity index (χ0) is 13.3. The molecule has 18 heavy (non-hydrogen) atoms. The van der Waals surface area contributed by atoms with Crippen LogP contribution in [-0.2, 0) is 4.79 Å². The van der Waals surface area contributed by atoms with Gasteiger partial charge < -0.3 is 0 Å². The van der Waals surface area contributed by atoms with Crippen LogP contribution in [0.5, 0.6) is 0 Å². The van der Waals surface area contributed by atoms with Crippen molar-refractivity contribution in [3.05, 3.63) is 35.5 Å². The third-order valence-corrected chi connectivity index (χ3v) is 2.81. The molecule has 6 heteroatoms. The number of benzene rings is 1. The van der Waals surface area contributed by atoms with Crippen molar-refractivity contribution >= 4 is 30.5 Å². The van der Waals surface area contributed by atoms with Gasteiger partial charge in [0.05, 0.1) is 0 Å². The molecule has 0 fully saturated rings. The Morgan fingerprint density at radius 1 is 1.33 bits per heavy atom. The van der Waals surface area contributed by atoms with Gasteiger partial charge >= 0.3 is 7.27 Å². The summed E-state index contributed by atoms with van der Waals surface area (Å²) in [5, 5.41) is 0. The van der Waals surface area contributed by atoms with Gasteiger partial charge in [0.15, 0.2) is 0 Å². The molecule has 2 rings (SSSR count). The van der Waals surface area contributed by atoms with E-state index in [4.69, 9.17) is 0 Å². The van der Waals surface area contributed by atoms with Crippen LogP contribution in [0, 0.1) is 0 Å². The second-order valence-corrected chi connectivity index (χ2v) is 3.98. The summed E-state index contributed by atoms with van der Waals surface area (Å²) in [5.74, 6) is 0.275. The van der Waals surface area contributed by atoms with E-state index in [-0.39, 0.29) is 17.1 Å². The summed E-state index contributed by atoms with van der Waals surface area (Å²) in [6.07, 6.45) is 1.40. The number of amidine groups is 1. The molecule has 0 radical (unpaired) electrons. The Kier molecular flexibility index (Phi) is 3.27. The summed E-state index contributed by atoms with van der Waals surface area (Å²) >= 11 is 0. The standard InChI is InChI=1S/C12H11BF2N2O/c1-8-16-11(12(18)17(8)2)7-9-5-3-4-6-10(9)13(14)15/h3-7H,1-2H3/b11-7-. The van der Waals surface area contributed by atoms with Gasteiger partial charge in [-0.25, -0.2) is 4.99 Å². The largest absolute Gasteiger partial charge is 0.572 e. The van der Waals surface area contributed by atoms with Crippen LogP contribution in [-0.4, -0.2) is 31.0 Å². The maximum Gasteiger partial charge on any atom is 0.572 e. The molecule has 3 nitrogen and oxygen atoms in total. The molecule has 1 aliphatic heterocycles. The average Bonchev–Trinajstić information content (AvgIpc) is 2.57. The molecular formula is C12H11BF2N2O. The van der Waals surface area contributed by atoms with Crippen molar-refractivity contribution in [2.45, 2.75) is 6.92 Å². The van der Waals surface area contributed by atoms with Crippen molar-refractivity contribution in [2.75, 3.05) is 7.05 Å². The number of aliphatic imine (C=N–C) groups is 1. The Morgan fingerprint density at radius 3 is 2.56 bits per heavy atom. The Bertz CT molecular complexity index is 555. The minimum Gasteiger partial charge on any atom is -0.298 e. The zero-order valence-electron chi connectivity index (χ0n) is 10.0. The summed E-state index contributed by atoms with van der Waals surface area (Å²) in [6, 6.07) is 6.08. The fourth-order valence-electron chi connectivity index (χ4n) is 1.70. The number of hydrogen-bond acceptors (Lipinski definition) is 2. The van der Waals surface area contributed by atoms with E-state index >= 15 is 0 Å². The highest BCUT2D eigenvalue weighted by atomic mass is 19.2. The highest BCUT2D eigenvalue weighted by molar-refractivity contribution is 6.61. The summed E-state index contributed by atoms with van der Waals surface area (Å²) in [4.78, 5) is 17.2. The van der Waals surface area contributed by atoms with E-state index < -0.39 is 7.27 Å². The van der Waals surface area contributed by atoms with Gasteiger partial charge in [0.25, 0.3) is 5.91 Å². The maximum atomic E-state index is 12.8. The van der Waals surface area contributed by atoms with Crippen molar-refractivity contribution in [1.29, 1.82) is 0 Å². The van der Waals surface area contributed by atoms with Crippen molar-refractivity contribution in [3.8, 4) is 0 Å². The molecule has 0 spiro atoms. The predicted octanol–water partition coefficient (Wildman–Crippen LogP) is 1.55. The number of hydrogen-bond donors (Lipinski definition) is 0. The minimum atomic E-state index is -2.57. The molecule has 0 N–H and O–H groups in total. The Morgan fingerprint density at radius 2 is 2.00 bits per heavy atom. The quantitative estimate of drug-likeness (QED) is 0.577. The lowest BCUT2D eigenvalue weighted by Gasteiger charge is -2.06. The van der Waals surface area contributed by atoms with Crippen molar-refractivity contribution in [1.82, 2.24) is 4.90 Å². The fourth-order valence-corrected chi connectivity index (χ4v) is 1.70. The third-order valence-electron chi connectivity index (χ3n) is 2.81. The topological polar surface area (TPSA) is 32.7 Å². The molecule has 1 amide bonds. The average molecular weight is 248 g/mol. The summed E-state index contributed by atoms with van der Waals surface area (Å²) in [7, 11) is -0.974. The van der Waals surface area contributed by atoms with Gasteiger partial charge in [0.2, 0.25) is 0 Å². The normalized spacial score (nSPS) is 17.3. The van der Waals surface area contributed by atoms with Crippen LogP contribution in [0.1, 0.15) is 12.5 Å². The molecule has 1 aromatic carbocycles. The number of amides is 1. The van der Waals surface area contributed by atoms with Crippen molar-refractivity contribution in [3.63, 3.8) is 0 Å². The summed E-state index contributed by atoms with van der Waals surface area (Å²) in [6.45, 7) is 1.69.